The first-order valence-electron chi connectivity index (χ1n) is 5.16. The van der Waals surface area contributed by atoms with E-state index >= 15 is 0 Å². The number of carbonyl (C=O) groups excluding carboxylic acids is 1. The van der Waals surface area contributed by atoms with Crippen LogP contribution in [-0.4, -0.2) is 19.1 Å². The summed E-state index contributed by atoms with van der Waals surface area (Å²) in [5.74, 6) is -0.0757. The molecule has 1 aromatic rings. The van der Waals surface area contributed by atoms with Crippen molar-refractivity contribution in [2.24, 2.45) is 0 Å². The third-order valence-corrected chi connectivity index (χ3v) is 2.11. The van der Waals surface area contributed by atoms with E-state index in [1.165, 1.54) is 0 Å². The van der Waals surface area contributed by atoms with Crippen LogP contribution in [0.5, 0.6) is 0 Å². The predicted molar refractivity (Wildman–Crippen MR) is 59.5 cm³/mol. The number of nitrogens with one attached hydrogen (secondary N) is 1. The highest BCUT2D eigenvalue weighted by Gasteiger charge is 2.08. The van der Waals surface area contributed by atoms with E-state index in [0.29, 0.717) is 6.61 Å². The summed E-state index contributed by atoms with van der Waals surface area (Å²) in [6, 6.07) is 9.88. The molecular formula is C12H17NO2. The van der Waals surface area contributed by atoms with Gasteiger partial charge in [-0.15, -0.1) is 0 Å². The maximum absolute atomic E-state index is 11.3. The zero-order chi connectivity index (χ0) is 11.1. The van der Waals surface area contributed by atoms with Crippen molar-refractivity contribution in [3.8, 4) is 0 Å². The van der Waals surface area contributed by atoms with Crippen molar-refractivity contribution in [3.05, 3.63) is 35.9 Å². The summed E-state index contributed by atoms with van der Waals surface area (Å²) < 4.78 is 5.02. The molecule has 1 N–H and O–H groups in total. The second-order valence-electron chi connectivity index (χ2n) is 3.34. The minimum atomic E-state index is -0.0757. The SMILES string of the molecule is CCOCC(=O)N[C@@H](C)c1ccccc1. The van der Waals surface area contributed by atoms with Crippen LogP contribution in [0.3, 0.4) is 0 Å². The molecule has 1 atom stereocenters. The van der Waals surface area contributed by atoms with Crippen molar-refractivity contribution in [3.63, 3.8) is 0 Å². The number of hydrogen-bond acceptors (Lipinski definition) is 2. The lowest BCUT2D eigenvalue weighted by molar-refractivity contribution is -0.126. The summed E-state index contributed by atoms with van der Waals surface area (Å²) in [4.78, 5) is 11.3. The minimum Gasteiger partial charge on any atom is -0.372 e. The summed E-state index contributed by atoms with van der Waals surface area (Å²) in [5, 5.41) is 2.87. The van der Waals surface area contributed by atoms with Crippen LogP contribution in [0.1, 0.15) is 25.5 Å². The Morgan fingerprint density at radius 2 is 2.07 bits per heavy atom. The van der Waals surface area contributed by atoms with E-state index in [9.17, 15) is 4.79 Å². The molecule has 0 saturated carbocycles. The third kappa shape index (κ3) is 4.13. The first-order chi connectivity index (χ1) is 7.24. The molecule has 0 heterocycles. The zero-order valence-electron chi connectivity index (χ0n) is 9.19. The Morgan fingerprint density at radius 3 is 2.67 bits per heavy atom. The Kier molecular flexibility index (Phi) is 4.84. The molecule has 0 unspecified atom stereocenters. The van der Waals surface area contributed by atoms with Gasteiger partial charge in [-0.05, 0) is 19.4 Å². The van der Waals surface area contributed by atoms with Gasteiger partial charge in [-0.1, -0.05) is 30.3 Å². The lowest BCUT2D eigenvalue weighted by Gasteiger charge is -2.13. The van der Waals surface area contributed by atoms with Crippen LogP contribution in [0.15, 0.2) is 30.3 Å². The summed E-state index contributed by atoms with van der Waals surface area (Å²) >= 11 is 0. The van der Waals surface area contributed by atoms with Gasteiger partial charge in [0.1, 0.15) is 6.61 Å². The topological polar surface area (TPSA) is 38.3 Å². The molecule has 0 aliphatic rings. The molecule has 1 aromatic carbocycles. The smallest absolute Gasteiger partial charge is 0.246 e. The monoisotopic (exact) mass is 207 g/mol. The van der Waals surface area contributed by atoms with E-state index in [2.05, 4.69) is 5.32 Å². The maximum atomic E-state index is 11.3. The van der Waals surface area contributed by atoms with Crippen LogP contribution in [0.25, 0.3) is 0 Å². The molecule has 0 fully saturated rings. The molecule has 0 aliphatic carbocycles. The first kappa shape index (κ1) is 11.7. The highest BCUT2D eigenvalue weighted by Crippen LogP contribution is 2.10. The molecular weight excluding hydrogens is 190 g/mol. The van der Waals surface area contributed by atoms with E-state index in [0.717, 1.165) is 5.56 Å². The summed E-state index contributed by atoms with van der Waals surface area (Å²) in [6.45, 7) is 4.52. The Labute approximate surface area is 90.4 Å². The second-order valence-corrected chi connectivity index (χ2v) is 3.34. The van der Waals surface area contributed by atoms with Gasteiger partial charge in [-0.25, -0.2) is 0 Å². The average molecular weight is 207 g/mol. The third-order valence-electron chi connectivity index (χ3n) is 2.11. The van der Waals surface area contributed by atoms with Crippen molar-refractivity contribution in [2.75, 3.05) is 13.2 Å². The summed E-state index contributed by atoms with van der Waals surface area (Å²) in [5.41, 5.74) is 1.10. The fraction of sp³-hybridized carbons (Fsp3) is 0.417. The number of hydrogen-bond donors (Lipinski definition) is 1. The summed E-state index contributed by atoms with van der Waals surface area (Å²) in [7, 11) is 0. The second kappa shape index (κ2) is 6.19. The van der Waals surface area contributed by atoms with Crippen LogP contribution in [0.4, 0.5) is 0 Å². The van der Waals surface area contributed by atoms with E-state index in [1.807, 2.05) is 44.2 Å². The molecule has 0 spiro atoms. The van der Waals surface area contributed by atoms with Crippen LogP contribution in [0.2, 0.25) is 0 Å². The Morgan fingerprint density at radius 1 is 1.40 bits per heavy atom. The minimum absolute atomic E-state index is 0.0270. The van der Waals surface area contributed by atoms with E-state index in [4.69, 9.17) is 4.74 Å². The quantitative estimate of drug-likeness (QED) is 0.800. The predicted octanol–water partition coefficient (Wildman–Crippen LogP) is 1.90. The Bertz CT molecular complexity index is 298. The molecule has 3 heteroatoms. The van der Waals surface area contributed by atoms with Gasteiger partial charge in [0.05, 0.1) is 6.04 Å². The molecule has 1 rings (SSSR count). The molecule has 3 nitrogen and oxygen atoms in total. The van der Waals surface area contributed by atoms with Crippen LogP contribution >= 0.6 is 0 Å². The van der Waals surface area contributed by atoms with Crippen molar-refractivity contribution < 1.29 is 9.53 Å². The van der Waals surface area contributed by atoms with Gasteiger partial charge >= 0.3 is 0 Å². The molecule has 0 saturated heterocycles. The standard InChI is InChI=1S/C12H17NO2/c1-3-15-9-12(14)13-10(2)11-7-5-4-6-8-11/h4-8,10H,3,9H2,1-2H3,(H,13,14)/t10-/m0/s1. The van der Waals surface area contributed by atoms with E-state index in [-0.39, 0.29) is 18.6 Å². The zero-order valence-corrected chi connectivity index (χ0v) is 9.19. The highest BCUT2D eigenvalue weighted by atomic mass is 16.5. The fourth-order valence-corrected chi connectivity index (χ4v) is 1.30. The van der Waals surface area contributed by atoms with E-state index in [1.54, 1.807) is 0 Å². The van der Waals surface area contributed by atoms with Crippen LogP contribution in [-0.2, 0) is 9.53 Å². The van der Waals surface area contributed by atoms with Crippen molar-refractivity contribution >= 4 is 5.91 Å². The van der Waals surface area contributed by atoms with Gasteiger partial charge in [-0.2, -0.15) is 0 Å². The van der Waals surface area contributed by atoms with Gasteiger partial charge in [0.25, 0.3) is 0 Å². The van der Waals surface area contributed by atoms with Gasteiger partial charge < -0.3 is 10.1 Å². The highest BCUT2D eigenvalue weighted by molar-refractivity contribution is 5.77. The van der Waals surface area contributed by atoms with Gasteiger partial charge in [0, 0.05) is 6.61 Å². The molecule has 0 aliphatic heterocycles. The first-order valence-corrected chi connectivity index (χ1v) is 5.16. The van der Waals surface area contributed by atoms with E-state index < -0.39 is 0 Å². The van der Waals surface area contributed by atoms with Gasteiger partial charge in [-0.3, -0.25) is 4.79 Å². The summed E-state index contributed by atoms with van der Waals surface area (Å²) in [6.07, 6.45) is 0. The van der Waals surface area contributed by atoms with Crippen LogP contribution < -0.4 is 5.32 Å². The molecule has 82 valence electrons. The molecule has 0 bridgehead atoms. The van der Waals surface area contributed by atoms with Gasteiger partial charge in [0.2, 0.25) is 5.91 Å². The van der Waals surface area contributed by atoms with Crippen molar-refractivity contribution in [1.29, 1.82) is 0 Å². The Hall–Kier alpha value is -1.35. The van der Waals surface area contributed by atoms with Crippen LogP contribution in [0, 0.1) is 0 Å². The van der Waals surface area contributed by atoms with Gasteiger partial charge in [0.15, 0.2) is 0 Å². The average Bonchev–Trinajstić information content (AvgIpc) is 2.27. The lowest BCUT2D eigenvalue weighted by atomic mass is 10.1. The maximum Gasteiger partial charge on any atom is 0.246 e. The molecule has 15 heavy (non-hydrogen) atoms. The number of rotatable bonds is 5. The number of benzene rings is 1. The van der Waals surface area contributed by atoms with Crippen molar-refractivity contribution in [2.45, 2.75) is 19.9 Å². The number of amides is 1. The number of ether oxygens (including phenoxy) is 1. The number of carbonyl (C=O) groups is 1. The molecule has 0 aromatic heterocycles. The molecule has 0 radical (unpaired) electrons. The normalized spacial score (nSPS) is 12.1. The lowest BCUT2D eigenvalue weighted by Crippen LogP contribution is -2.30. The Balaban J connectivity index is 2.42. The fourth-order valence-electron chi connectivity index (χ4n) is 1.30. The largest absolute Gasteiger partial charge is 0.372 e. The van der Waals surface area contributed by atoms with Crippen molar-refractivity contribution in [1.82, 2.24) is 5.32 Å². The molecule has 1 amide bonds.